The third-order valence-corrected chi connectivity index (χ3v) is 6.01. The third-order valence-electron chi connectivity index (χ3n) is 3.81. The highest BCUT2D eigenvalue weighted by atomic mass is 31.2. The van der Waals surface area contributed by atoms with Crippen molar-refractivity contribution in [3.8, 4) is 0 Å². The minimum atomic E-state index is -3.71. The highest BCUT2D eigenvalue weighted by Crippen LogP contribution is 2.57. The smallest absolute Gasteiger partial charge is 0.320 e. The normalized spacial score (nSPS) is 12.7. The van der Waals surface area contributed by atoms with E-state index in [1.54, 1.807) is 44.3 Å². The first-order valence-corrected chi connectivity index (χ1v) is 10.8. The molecule has 8 nitrogen and oxygen atoms in total. The predicted molar refractivity (Wildman–Crippen MR) is 102 cm³/mol. The molecule has 0 spiro atoms. The number of aromatic nitrogens is 3. The average Bonchev–Trinajstić information content (AvgIpc) is 3.13. The number of carbonyl (C=O) groups excluding carboxylic acids is 1. The second-order valence-corrected chi connectivity index (χ2v) is 7.97. The lowest BCUT2D eigenvalue weighted by Gasteiger charge is -2.26. The lowest BCUT2D eigenvalue weighted by Crippen LogP contribution is -2.34. The van der Waals surface area contributed by atoms with Crippen LogP contribution in [0.1, 0.15) is 55.6 Å². The van der Waals surface area contributed by atoms with E-state index in [0.717, 1.165) is 25.0 Å². The summed E-state index contributed by atoms with van der Waals surface area (Å²) in [5.41, 5.74) is 1.20. The summed E-state index contributed by atoms with van der Waals surface area (Å²) in [6, 6.07) is 8.68. The van der Waals surface area contributed by atoms with E-state index in [0.29, 0.717) is 5.56 Å². The highest BCUT2D eigenvalue weighted by molar-refractivity contribution is 7.53. The van der Waals surface area contributed by atoms with Gasteiger partial charge in [-0.1, -0.05) is 36.8 Å². The first kappa shape index (κ1) is 21.3. The Kier molecular flexibility index (Phi) is 8.16. The fraction of sp³-hybridized carbons (Fsp3) is 0.500. The van der Waals surface area contributed by atoms with Gasteiger partial charge < -0.3 is 14.4 Å². The van der Waals surface area contributed by atoms with E-state index in [1.165, 1.54) is 4.68 Å². The molecule has 1 atom stereocenters. The molecule has 0 saturated carbocycles. The van der Waals surface area contributed by atoms with Crippen molar-refractivity contribution >= 4 is 13.5 Å². The molecule has 0 aliphatic heterocycles. The first-order valence-electron chi connectivity index (χ1n) is 9.19. The summed E-state index contributed by atoms with van der Waals surface area (Å²) in [5, 5.41) is 10.9. The number of carbonyl (C=O) groups is 1. The summed E-state index contributed by atoms with van der Waals surface area (Å²) in [6.07, 6.45) is 4.42. The van der Waals surface area contributed by atoms with Crippen molar-refractivity contribution < 1.29 is 18.4 Å². The first-order chi connectivity index (χ1) is 13.0. The van der Waals surface area contributed by atoms with Crippen LogP contribution in [0.25, 0.3) is 0 Å². The van der Waals surface area contributed by atoms with E-state index in [9.17, 15) is 9.36 Å². The summed E-state index contributed by atoms with van der Waals surface area (Å²) >= 11 is 0. The molecule has 2 rings (SSSR count). The van der Waals surface area contributed by atoms with Crippen LogP contribution in [0.4, 0.5) is 0 Å². The molecule has 1 unspecified atom stereocenters. The third kappa shape index (κ3) is 5.73. The zero-order valence-electron chi connectivity index (χ0n) is 16.0. The van der Waals surface area contributed by atoms with Crippen molar-refractivity contribution in [3.05, 3.63) is 47.8 Å². The fourth-order valence-corrected chi connectivity index (χ4v) is 4.28. The molecule has 0 radical (unpaired) electrons. The molecular weight excluding hydrogens is 367 g/mol. The van der Waals surface area contributed by atoms with Crippen LogP contribution in [0.5, 0.6) is 0 Å². The van der Waals surface area contributed by atoms with E-state index in [2.05, 4.69) is 22.6 Å². The molecule has 1 heterocycles. The molecule has 148 valence electrons. The Labute approximate surface area is 159 Å². The van der Waals surface area contributed by atoms with Gasteiger partial charge in [0, 0.05) is 5.56 Å². The second kappa shape index (κ2) is 10.3. The Bertz CT molecular complexity index is 756. The molecule has 1 N–H and O–H groups in total. The summed E-state index contributed by atoms with van der Waals surface area (Å²) in [4.78, 5) is 12.7. The maximum Gasteiger partial charge on any atom is 0.375 e. The van der Waals surface area contributed by atoms with Gasteiger partial charge in [-0.25, -0.2) is 4.68 Å². The zero-order chi connectivity index (χ0) is 19.7. The molecular formula is C18H27N4O4P. The Morgan fingerprint density at radius 3 is 2.44 bits per heavy atom. The maximum absolute atomic E-state index is 13.4. The minimum Gasteiger partial charge on any atom is -0.320 e. The number of hydrogen-bond donors (Lipinski definition) is 1. The standard InChI is InChI=1S/C18H27N4O4P/c1-4-7-13-16-14-22(21-20-16)18(27(24,25-5-2)26-6-3)19-17(23)15-11-9-8-10-12-15/h8-12,14,18H,4-7,13H2,1-3H3,(H,19,23). The maximum atomic E-state index is 13.4. The summed E-state index contributed by atoms with van der Waals surface area (Å²) in [6.45, 7) is 5.87. The van der Waals surface area contributed by atoms with Crippen LogP contribution in [0.15, 0.2) is 36.5 Å². The van der Waals surface area contributed by atoms with Gasteiger partial charge in [0.15, 0.2) is 0 Å². The SMILES string of the molecule is CCCCc1cn(C(NC(=O)c2ccccc2)P(=O)(OCC)OCC)nn1. The molecule has 27 heavy (non-hydrogen) atoms. The van der Waals surface area contributed by atoms with Crippen LogP contribution in [-0.4, -0.2) is 34.1 Å². The van der Waals surface area contributed by atoms with Crippen molar-refractivity contribution in [3.63, 3.8) is 0 Å². The molecule has 0 bridgehead atoms. The van der Waals surface area contributed by atoms with Crippen molar-refractivity contribution in [2.75, 3.05) is 13.2 Å². The van der Waals surface area contributed by atoms with Crippen molar-refractivity contribution in [2.24, 2.45) is 0 Å². The number of nitrogens with one attached hydrogen (secondary N) is 1. The van der Waals surface area contributed by atoms with Gasteiger partial charge in [-0.15, -0.1) is 5.10 Å². The van der Waals surface area contributed by atoms with Gasteiger partial charge in [0.2, 0.25) is 5.91 Å². The largest absolute Gasteiger partial charge is 0.375 e. The number of hydrogen-bond acceptors (Lipinski definition) is 6. The van der Waals surface area contributed by atoms with Gasteiger partial charge in [-0.2, -0.15) is 0 Å². The number of aryl methyl sites for hydroxylation is 1. The number of amides is 1. The number of unbranched alkanes of at least 4 members (excludes halogenated alkanes) is 1. The van der Waals surface area contributed by atoms with Crippen LogP contribution in [-0.2, 0) is 20.0 Å². The van der Waals surface area contributed by atoms with Gasteiger partial charge in [0.05, 0.1) is 25.1 Å². The van der Waals surface area contributed by atoms with E-state index >= 15 is 0 Å². The van der Waals surface area contributed by atoms with Gasteiger partial charge in [-0.3, -0.25) is 9.36 Å². The van der Waals surface area contributed by atoms with Crippen molar-refractivity contribution in [1.29, 1.82) is 0 Å². The van der Waals surface area contributed by atoms with Crippen LogP contribution >= 0.6 is 7.60 Å². The van der Waals surface area contributed by atoms with Crippen LogP contribution in [0, 0.1) is 0 Å². The second-order valence-electron chi connectivity index (χ2n) is 5.88. The fourth-order valence-electron chi connectivity index (χ4n) is 2.52. The van der Waals surface area contributed by atoms with Gasteiger partial charge in [-0.05, 0) is 38.8 Å². The molecule has 0 aliphatic rings. The molecule has 0 aliphatic carbocycles. The average molecular weight is 394 g/mol. The van der Waals surface area contributed by atoms with E-state index in [4.69, 9.17) is 9.05 Å². The molecule has 0 fully saturated rings. The van der Waals surface area contributed by atoms with Crippen LogP contribution in [0.3, 0.4) is 0 Å². The topological polar surface area (TPSA) is 95.3 Å². The van der Waals surface area contributed by atoms with E-state index in [-0.39, 0.29) is 13.2 Å². The Morgan fingerprint density at radius 1 is 1.19 bits per heavy atom. The Balaban J connectivity index is 2.34. The predicted octanol–water partition coefficient (Wildman–Crippen LogP) is 3.77. The van der Waals surface area contributed by atoms with Gasteiger partial charge in [0.1, 0.15) is 0 Å². The monoisotopic (exact) mass is 394 g/mol. The summed E-state index contributed by atoms with van der Waals surface area (Å²) in [7, 11) is -3.71. The van der Waals surface area contributed by atoms with E-state index in [1.807, 2.05) is 6.07 Å². The lowest BCUT2D eigenvalue weighted by atomic mass is 10.2. The molecule has 1 aromatic carbocycles. The number of nitrogens with zero attached hydrogens (tertiary/aromatic N) is 3. The molecule has 0 saturated heterocycles. The highest BCUT2D eigenvalue weighted by Gasteiger charge is 2.39. The Morgan fingerprint density at radius 2 is 1.85 bits per heavy atom. The molecule has 1 amide bonds. The van der Waals surface area contributed by atoms with E-state index < -0.39 is 19.4 Å². The molecule has 9 heteroatoms. The number of rotatable bonds is 11. The molecule has 2 aromatic rings. The van der Waals surface area contributed by atoms with Crippen molar-refractivity contribution in [2.45, 2.75) is 45.9 Å². The summed E-state index contributed by atoms with van der Waals surface area (Å²) in [5.74, 6) is -1.50. The lowest BCUT2D eigenvalue weighted by molar-refractivity contribution is 0.0917. The quantitative estimate of drug-likeness (QED) is 0.583. The van der Waals surface area contributed by atoms with Crippen molar-refractivity contribution in [1.82, 2.24) is 20.3 Å². The number of benzene rings is 1. The summed E-state index contributed by atoms with van der Waals surface area (Å²) < 4.78 is 25.6. The van der Waals surface area contributed by atoms with Gasteiger partial charge in [0.25, 0.3) is 5.91 Å². The Hall–Kier alpha value is -2.02. The zero-order valence-corrected chi connectivity index (χ0v) is 16.9. The van der Waals surface area contributed by atoms with Crippen LogP contribution in [0.2, 0.25) is 0 Å². The minimum absolute atomic E-state index is 0.173. The van der Waals surface area contributed by atoms with Gasteiger partial charge >= 0.3 is 7.60 Å². The molecule has 1 aromatic heterocycles. The van der Waals surface area contributed by atoms with Crippen LogP contribution < -0.4 is 5.32 Å².